The topological polar surface area (TPSA) is 38.1 Å². The number of para-hydroxylation sites is 1. The van der Waals surface area contributed by atoms with Crippen molar-refractivity contribution in [2.45, 2.75) is 45.6 Å². The average Bonchev–Trinajstić information content (AvgIpc) is 2.97. The summed E-state index contributed by atoms with van der Waals surface area (Å²) >= 11 is 0. The summed E-state index contributed by atoms with van der Waals surface area (Å²) in [5.41, 5.74) is 2.16. The number of aliphatic hydroxyl groups is 1. The third kappa shape index (κ3) is 2.88. The Kier molecular flexibility index (Phi) is 3.85. The first-order chi connectivity index (χ1) is 10.1. The highest BCUT2D eigenvalue weighted by atomic mass is 16.3. The second-order valence-corrected chi connectivity index (χ2v) is 6.84. The van der Waals surface area contributed by atoms with Gasteiger partial charge >= 0.3 is 0 Å². The molecule has 0 spiro atoms. The van der Waals surface area contributed by atoms with E-state index in [2.05, 4.69) is 18.9 Å². The first kappa shape index (κ1) is 14.3. The van der Waals surface area contributed by atoms with Crippen LogP contribution in [0.5, 0.6) is 0 Å². The third-order valence-corrected chi connectivity index (χ3v) is 4.94. The fraction of sp³-hybridized carbons (Fsp3) is 0.500. The van der Waals surface area contributed by atoms with E-state index in [9.17, 15) is 5.11 Å². The van der Waals surface area contributed by atoms with E-state index in [0.29, 0.717) is 5.92 Å². The number of aliphatic hydroxyl groups excluding tert-OH is 1. The van der Waals surface area contributed by atoms with Gasteiger partial charge in [-0.2, -0.15) is 5.10 Å². The number of hydrogen-bond donors (Lipinski definition) is 1. The highest BCUT2D eigenvalue weighted by Crippen LogP contribution is 2.46. The SMILES string of the molecule is CC1(C)CCCCC1C(O)c1cnn(-c2ccccc2)c1. The number of rotatable bonds is 3. The van der Waals surface area contributed by atoms with Gasteiger partial charge < -0.3 is 5.11 Å². The fourth-order valence-corrected chi connectivity index (χ4v) is 3.55. The lowest BCUT2D eigenvalue weighted by atomic mass is 9.66. The Morgan fingerprint density at radius 3 is 2.71 bits per heavy atom. The van der Waals surface area contributed by atoms with Crippen LogP contribution in [0.15, 0.2) is 42.7 Å². The maximum atomic E-state index is 10.8. The summed E-state index contributed by atoms with van der Waals surface area (Å²) in [6, 6.07) is 10.0. The minimum atomic E-state index is -0.419. The van der Waals surface area contributed by atoms with Crippen molar-refractivity contribution in [1.29, 1.82) is 0 Å². The molecule has 21 heavy (non-hydrogen) atoms. The minimum Gasteiger partial charge on any atom is -0.388 e. The molecule has 3 rings (SSSR count). The molecule has 0 amide bonds. The van der Waals surface area contributed by atoms with E-state index >= 15 is 0 Å². The number of aromatic nitrogens is 2. The van der Waals surface area contributed by atoms with E-state index in [1.165, 1.54) is 19.3 Å². The first-order valence-corrected chi connectivity index (χ1v) is 7.86. The van der Waals surface area contributed by atoms with Gasteiger partial charge in [0.2, 0.25) is 0 Å². The molecule has 1 N–H and O–H groups in total. The van der Waals surface area contributed by atoms with Crippen LogP contribution in [0.4, 0.5) is 0 Å². The van der Waals surface area contributed by atoms with Gasteiger partial charge in [0.25, 0.3) is 0 Å². The van der Waals surface area contributed by atoms with Crippen LogP contribution in [0, 0.1) is 11.3 Å². The fourth-order valence-electron chi connectivity index (χ4n) is 3.55. The van der Waals surface area contributed by atoms with Crippen molar-refractivity contribution in [2.24, 2.45) is 11.3 Å². The lowest BCUT2D eigenvalue weighted by Crippen LogP contribution is -2.32. The monoisotopic (exact) mass is 284 g/mol. The van der Waals surface area contributed by atoms with E-state index in [-0.39, 0.29) is 5.41 Å². The second-order valence-electron chi connectivity index (χ2n) is 6.84. The van der Waals surface area contributed by atoms with Crippen LogP contribution < -0.4 is 0 Å². The zero-order valence-corrected chi connectivity index (χ0v) is 12.9. The van der Waals surface area contributed by atoms with Gasteiger partial charge in [0.15, 0.2) is 0 Å². The molecular formula is C18H24N2O. The predicted octanol–water partition coefficient (Wildman–Crippen LogP) is 4.12. The molecule has 1 saturated carbocycles. The normalized spacial score (nSPS) is 22.9. The molecule has 1 aliphatic carbocycles. The summed E-state index contributed by atoms with van der Waals surface area (Å²) < 4.78 is 1.84. The maximum Gasteiger partial charge on any atom is 0.0853 e. The van der Waals surface area contributed by atoms with Gasteiger partial charge in [-0.05, 0) is 36.3 Å². The Balaban J connectivity index is 1.82. The molecule has 0 saturated heterocycles. The van der Waals surface area contributed by atoms with Gasteiger partial charge in [0.05, 0.1) is 18.0 Å². The summed E-state index contributed by atoms with van der Waals surface area (Å²) in [5, 5.41) is 15.2. The molecule has 1 aliphatic rings. The molecule has 2 atom stereocenters. The summed E-state index contributed by atoms with van der Waals surface area (Å²) in [6.45, 7) is 4.56. The van der Waals surface area contributed by atoms with E-state index in [4.69, 9.17) is 0 Å². The quantitative estimate of drug-likeness (QED) is 0.920. The highest BCUT2D eigenvalue weighted by molar-refractivity contribution is 5.31. The first-order valence-electron chi connectivity index (χ1n) is 7.86. The molecule has 2 unspecified atom stereocenters. The van der Waals surface area contributed by atoms with E-state index in [1.54, 1.807) is 0 Å². The minimum absolute atomic E-state index is 0.201. The summed E-state index contributed by atoms with van der Waals surface area (Å²) in [5.74, 6) is 0.319. The number of nitrogens with zero attached hydrogens (tertiary/aromatic N) is 2. The number of benzene rings is 1. The van der Waals surface area contributed by atoms with Crippen LogP contribution >= 0.6 is 0 Å². The van der Waals surface area contributed by atoms with E-state index < -0.39 is 6.10 Å². The van der Waals surface area contributed by atoms with Crippen LogP contribution in [-0.4, -0.2) is 14.9 Å². The molecule has 0 radical (unpaired) electrons. The molecule has 1 aromatic heterocycles. The Morgan fingerprint density at radius 2 is 2.00 bits per heavy atom. The van der Waals surface area contributed by atoms with Crippen molar-refractivity contribution in [3.63, 3.8) is 0 Å². The second kappa shape index (κ2) is 5.64. The van der Waals surface area contributed by atoms with Gasteiger partial charge in [-0.3, -0.25) is 0 Å². The average molecular weight is 284 g/mol. The van der Waals surface area contributed by atoms with Gasteiger partial charge in [0, 0.05) is 11.8 Å². The zero-order valence-electron chi connectivity index (χ0n) is 12.9. The molecule has 1 aromatic carbocycles. The molecule has 1 fully saturated rings. The lowest BCUT2D eigenvalue weighted by molar-refractivity contribution is 0.00384. The smallest absolute Gasteiger partial charge is 0.0853 e. The van der Waals surface area contributed by atoms with E-state index in [1.807, 2.05) is 47.4 Å². The van der Waals surface area contributed by atoms with Crippen LogP contribution in [-0.2, 0) is 0 Å². The Morgan fingerprint density at radius 1 is 1.24 bits per heavy atom. The van der Waals surface area contributed by atoms with Crippen molar-refractivity contribution < 1.29 is 5.11 Å². The Hall–Kier alpha value is -1.61. The van der Waals surface area contributed by atoms with Crippen LogP contribution in [0.3, 0.4) is 0 Å². The highest BCUT2D eigenvalue weighted by Gasteiger charge is 2.37. The van der Waals surface area contributed by atoms with Crippen molar-refractivity contribution in [3.05, 3.63) is 48.3 Å². The standard InChI is InChI=1S/C18H24N2O/c1-18(2)11-7-6-10-16(18)17(21)14-12-19-20(13-14)15-8-4-3-5-9-15/h3-5,8-9,12-13,16-17,21H,6-7,10-11H2,1-2H3. The van der Waals surface area contributed by atoms with Gasteiger partial charge in [-0.1, -0.05) is 44.9 Å². The van der Waals surface area contributed by atoms with Gasteiger partial charge in [-0.15, -0.1) is 0 Å². The summed E-state index contributed by atoms with van der Waals surface area (Å²) in [6.07, 6.45) is 8.15. The summed E-state index contributed by atoms with van der Waals surface area (Å²) in [7, 11) is 0. The van der Waals surface area contributed by atoms with Crippen LogP contribution in [0.25, 0.3) is 5.69 Å². The van der Waals surface area contributed by atoms with E-state index in [0.717, 1.165) is 17.7 Å². The third-order valence-electron chi connectivity index (χ3n) is 4.94. The number of hydrogen-bond acceptors (Lipinski definition) is 2. The van der Waals surface area contributed by atoms with Crippen LogP contribution in [0.1, 0.15) is 51.2 Å². The molecule has 2 aromatic rings. The Labute approximate surface area is 126 Å². The maximum absolute atomic E-state index is 10.8. The van der Waals surface area contributed by atoms with Crippen LogP contribution in [0.2, 0.25) is 0 Å². The predicted molar refractivity (Wildman–Crippen MR) is 84.3 cm³/mol. The largest absolute Gasteiger partial charge is 0.388 e. The van der Waals surface area contributed by atoms with Gasteiger partial charge in [-0.25, -0.2) is 4.68 Å². The van der Waals surface area contributed by atoms with Crippen molar-refractivity contribution >= 4 is 0 Å². The Bertz CT molecular complexity index is 588. The molecule has 1 heterocycles. The molecular weight excluding hydrogens is 260 g/mol. The summed E-state index contributed by atoms with van der Waals surface area (Å²) in [4.78, 5) is 0. The van der Waals surface area contributed by atoms with Crippen molar-refractivity contribution in [3.8, 4) is 5.69 Å². The molecule has 0 aliphatic heterocycles. The molecule has 112 valence electrons. The molecule has 0 bridgehead atoms. The zero-order chi connectivity index (χ0) is 14.9. The van der Waals surface area contributed by atoms with Crippen molar-refractivity contribution in [2.75, 3.05) is 0 Å². The van der Waals surface area contributed by atoms with Crippen molar-refractivity contribution in [1.82, 2.24) is 9.78 Å². The lowest BCUT2D eigenvalue weighted by Gasteiger charge is -2.41. The molecule has 3 nitrogen and oxygen atoms in total. The van der Waals surface area contributed by atoms with Gasteiger partial charge in [0.1, 0.15) is 0 Å². The molecule has 3 heteroatoms.